The van der Waals surface area contributed by atoms with Gasteiger partial charge in [0.2, 0.25) is 5.91 Å². The second kappa shape index (κ2) is 5.76. The molecule has 1 aliphatic carbocycles. The van der Waals surface area contributed by atoms with Gasteiger partial charge >= 0.3 is 0 Å². The van der Waals surface area contributed by atoms with Gasteiger partial charge in [0.25, 0.3) is 0 Å². The normalized spacial score (nSPS) is 31.8. The predicted octanol–water partition coefficient (Wildman–Crippen LogP) is 3.08. The van der Waals surface area contributed by atoms with Crippen molar-refractivity contribution in [3.63, 3.8) is 0 Å². The lowest BCUT2D eigenvalue weighted by atomic mass is 10.1. The molecular formula is C17H23FN2O. The van der Waals surface area contributed by atoms with Crippen molar-refractivity contribution in [2.24, 2.45) is 11.8 Å². The zero-order valence-corrected chi connectivity index (χ0v) is 12.7. The Hall–Kier alpha value is -1.42. The maximum Gasteiger partial charge on any atom is 0.241 e. The molecule has 4 unspecified atom stereocenters. The number of nitrogens with zero attached hydrogens (tertiary/aromatic N) is 1. The zero-order chi connectivity index (χ0) is 15.0. The monoisotopic (exact) mass is 290 g/mol. The Balaban J connectivity index is 1.82. The molecule has 1 amide bonds. The fourth-order valence-electron chi connectivity index (χ4n) is 3.23. The topological polar surface area (TPSA) is 32.3 Å². The van der Waals surface area contributed by atoms with Crippen LogP contribution in [0.4, 0.5) is 4.39 Å². The quantitative estimate of drug-likeness (QED) is 0.904. The van der Waals surface area contributed by atoms with Crippen LogP contribution in [0.3, 0.4) is 0 Å². The van der Waals surface area contributed by atoms with Crippen LogP contribution in [0.5, 0.6) is 0 Å². The fourth-order valence-corrected chi connectivity index (χ4v) is 3.23. The van der Waals surface area contributed by atoms with Crippen LogP contribution in [-0.2, 0) is 4.79 Å². The van der Waals surface area contributed by atoms with Crippen molar-refractivity contribution >= 4 is 5.91 Å². The lowest BCUT2D eigenvalue weighted by Gasteiger charge is -2.24. The fraction of sp³-hybridized carbons (Fsp3) is 0.588. The highest BCUT2D eigenvalue weighted by atomic mass is 19.1. The molecule has 2 aliphatic rings. The average Bonchev–Trinajstić information content (AvgIpc) is 3.07. The highest BCUT2D eigenvalue weighted by Gasteiger charge is 2.43. The molecule has 1 saturated heterocycles. The van der Waals surface area contributed by atoms with Crippen molar-refractivity contribution in [3.05, 3.63) is 35.6 Å². The minimum atomic E-state index is -0.250. The van der Waals surface area contributed by atoms with Gasteiger partial charge in [-0.2, -0.15) is 0 Å². The number of carbonyl (C=O) groups is 1. The van der Waals surface area contributed by atoms with Crippen molar-refractivity contribution in [2.75, 3.05) is 6.54 Å². The van der Waals surface area contributed by atoms with Crippen LogP contribution >= 0.6 is 0 Å². The molecule has 1 aromatic rings. The van der Waals surface area contributed by atoms with Gasteiger partial charge in [0.05, 0.1) is 6.04 Å². The van der Waals surface area contributed by atoms with Gasteiger partial charge in [-0.15, -0.1) is 0 Å². The Labute approximate surface area is 125 Å². The molecule has 21 heavy (non-hydrogen) atoms. The van der Waals surface area contributed by atoms with Gasteiger partial charge in [0, 0.05) is 6.54 Å². The van der Waals surface area contributed by atoms with Gasteiger partial charge in [0.15, 0.2) is 0 Å². The Kier molecular flexibility index (Phi) is 3.98. The van der Waals surface area contributed by atoms with Crippen molar-refractivity contribution in [2.45, 2.75) is 45.3 Å². The molecular weight excluding hydrogens is 267 g/mol. The minimum absolute atomic E-state index is 0.127. The van der Waals surface area contributed by atoms with E-state index in [4.69, 9.17) is 0 Å². The Morgan fingerprint density at radius 1 is 1.43 bits per heavy atom. The predicted molar refractivity (Wildman–Crippen MR) is 80.0 cm³/mol. The first kappa shape index (κ1) is 14.5. The van der Waals surface area contributed by atoms with E-state index in [0.717, 1.165) is 24.9 Å². The van der Waals surface area contributed by atoms with Crippen LogP contribution in [0.25, 0.3) is 0 Å². The Bertz CT molecular complexity index is 533. The zero-order valence-electron chi connectivity index (χ0n) is 12.7. The highest BCUT2D eigenvalue weighted by Crippen LogP contribution is 2.40. The number of hydrogen-bond acceptors (Lipinski definition) is 2. The molecule has 114 valence electrons. The molecule has 2 fully saturated rings. The van der Waals surface area contributed by atoms with Crippen molar-refractivity contribution in [1.82, 2.24) is 10.2 Å². The van der Waals surface area contributed by atoms with Crippen molar-refractivity contribution in [3.8, 4) is 0 Å². The molecule has 1 heterocycles. The molecule has 3 nitrogen and oxygen atoms in total. The summed E-state index contributed by atoms with van der Waals surface area (Å²) in [5.74, 6) is 1.23. The second-order valence-electron chi connectivity index (χ2n) is 6.43. The van der Waals surface area contributed by atoms with Gasteiger partial charge in [-0.3, -0.25) is 10.1 Å². The van der Waals surface area contributed by atoms with E-state index in [1.165, 1.54) is 18.6 Å². The van der Waals surface area contributed by atoms with Crippen molar-refractivity contribution < 1.29 is 9.18 Å². The summed E-state index contributed by atoms with van der Waals surface area (Å²) in [6.07, 6.45) is 2.81. The molecule has 3 rings (SSSR count). The third-order valence-electron chi connectivity index (χ3n) is 4.70. The van der Waals surface area contributed by atoms with E-state index >= 15 is 0 Å². The first-order valence-corrected chi connectivity index (χ1v) is 7.92. The Morgan fingerprint density at radius 2 is 2.19 bits per heavy atom. The summed E-state index contributed by atoms with van der Waals surface area (Å²) >= 11 is 0. The minimum Gasteiger partial charge on any atom is -0.321 e. The van der Waals surface area contributed by atoms with Crippen LogP contribution < -0.4 is 5.32 Å². The van der Waals surface area contributed by atoms with E-state index in [2.05, 4.69) is 19.2 Å². The third-order valence-corrected chi connectivity index (χ3v) is 4.70. The molecule has 1 N–H and O–H groups in total. The van der Waals surface area contributed by atoms with E-state index in [1.807, 2.05) is 11.0 Å². The molecule has 0 aromatic heterocycles. The maximum atomic E-state index is 13.5. The van der Waals surface area contributed by atoms with Gasteiger partial charge in [-0.05, 0) is 42.4 Å². The van der Waals surface area contributed by atoms with E-state index in [1.54, 1.807) is 6.07 Å². The standard InChI is InChI=1S/C17H23FN2O/c1-3-5-15-17(21)20(10-13-8-11(13)2)16(19-15)12-6-4-7-14(18)9-12/h4,6-7,9,11,13,15-16,19H,3,5,8,10H2,1-2H3. The largest absolute Gasteiger partial charge is 0.321 e. The Morgan fingerprint density at radius 3 is 2.81 bits per heavy atom. The third kappa shape index (κ3) is 2.95. The summed E-state index contributed by atoms with van der Waals surface area (Å²) in [6, 6.07) is 6.45. The smallest absolute Gasteiger partial charge is 0.241 e. The van der Waals surface area contributed by atoms with Gasteiger partial charge in [-0.25, -0.2) is 4.39 Å². The maximum absolute atomic E-state index is 13.5. The summed E-state index contributed by atoms with van der Waals surface area (Å²) in [6.45, 7) is 5.09. The van der Waals surface area contributed by atoms with Crippen LogP contribution in [0.15, 0.2) is 24.3 Å². The van der Waals surface area contributed by atoms with E-state index in [-0.39, 0.29) is 23.9 Å². The number of carbonyl (C=O) groups excluding carboxylic acids is 1. The SMILES string of the molecule is CCCC1NC(c2cccc(F)c2)N(CC2CC2C)C1=O. The highest BCUT2D eigenvalue weighted by molar-refractivity contribution is 5.84. The summed E-state index contributed by atoms with van der Waals surface area (Å²) in [7, 11) is 0. The van der Waals surface area contributed by atoms with Crippen molar-refractivity contribution in [1.29, 1.82) is 0 Å². The molecule has 0 spiro atoms. The molecule has 1 aliphatic heterocycles. The number of benzene rings is 1. The molecule has 1 aromatic carbocycles. The van der Waals surface area contributed by atoms with E-state index < -0.39 is 0 Å². The first-order chi connectivity index (χ1) is 10.1. The number of amides is 1. The number of halogens is 1. The van der Waals surface area contributed by atoms with Crippen LogP contribution in [0.1, 0.15) is 44.8 Å². The molecule has 1 saturated carbocycles. The van der Waals surface area contributed by atoms with Crippen LogP contribution in [0, 0.1) is 17.7 Å². The first-order valence-electron chi connectivity index (χ1n) is 7.92. The van der Waals surface area contributed by atoms with E-state index in [9.17, 15) is 9.18 Å². The summed E-state index contributed by atoms with van der Waals surface area (Å²) in [5.41, 5.74) is 0.843. The average molecular weight is 290 g/mol. The van der Waals surface area contributed by atoms with Crippen LogP contribution in [0.2, 0.25) is 0 Å². The number of rotatable bonds is 5. The summed E-state index contributed by atoms with van der Waals surface area (Å²) < 4.78 is 13.5. The summed E-state index contributed by atoms with van der Waals surface area (Å²) in [4.78, 5) is 14.5. The molecule has 0 bridgehead atoms. The van der Waals surface area contributed by atoms with E-state index in [0.29, 0.717) is 11.8 Å². The molecule has 4 heteroatoms. The lowest BCUT2D eigenvalue weighted by molar-refractivity contribution is -0.130. The second-order valence-corrected chi connectivity index (χ2v) is 6.43. The molecule has 0 radical (unpaired) electrons. The summed E-state index contributed by atoms with van der Waals surface area (Å²) in [5, 5.41) is 3.39. The number of hydrogen-bond donors (Lipinski definition) is 1. The van der Waals surface area contributed by atoms with Gasteiger partial charge < -0.3 is 4.90 Å². The van der Waals surface area contributed by atoms with Gasteiger partial charge in [0.1, 0.15) is 12.0 Å². The molecule has 4 atom stereocenters. The lowest BCUT2D eigenvalue weighted by Crippen LogP contribution is -2.33. The van der Waals surface area contributed by atoms with Gasteiger partial charge in [-0.1, -0.05) is 32.4 Å². The number of nitrogens with one attached hydrogen (secondary N) is 1. The van der Waals surface area contributed by atoms with Crippen LogP contribution in [-0.4, -0.2) is 23.4 Å².